The van der Waals surface area contributed by atoms with Crippen LogP contribution in [0.4, 0.5) is 0 Å². The third-order valence-corrected chi connectivity index (χ3v) is 5.03. The lowest BCUT2D eigenvalue weighted by molar-refractivity contribution is -0.121. The number of halogens is 2. The number of carbonyl (C=O) groups is 1. The standard InChI is InChI=1S/C21H25Cl2NO/c1-14(15-8-10-16(11-9-15)21(2,3)4)24-20(25)13-12-17-18(22)6-5-7-19(17)23/h5-11,14H,12-13H2,1-4H3,(H,24,25)/t14-/m1/s1. The summed E-state index contributed by atoms with van der Waals surface area (Å²) in [5.41, 5.74) is 3.32. The molecule has 0 unspecified atom stereocenters. The number of hydrogen-bond acceptors (Lipinski definition) is 1. The molecule has 2 aromatic carbocycles. The number of hydrogen-bond donors (Lipinski definition) is 1. The van der Waals surface area contributed by atoms with Crippen molar-refractivity contribution in [3.63, 3.8) is 0 Å². The zero-order valence-corrected chi connectivity index (χ0v) is 16.7. The van der Waals surface area contributed by atoms with Crippen LogP contribution in [-0.4, -0.2) is 5.91 Å². The maximum atomic E-state index is 12.3. The van der Waals surface area contributed by atoms with E-state index >= 15 is 0 Å². The first kappa shape index (κ1) is 19.8. The van der Waals surface area contributed by atoms with Crippen LogP contribution in [0.1, 0.15) is 56.8 Å². The van der Waals surface area contributed by atoms with E-state index in [9.17, 15) is 4.79 Å². The fraction of sp³-hybridized carbons (Fsp3) is 0.381. The number of nitrogens with one attached hydrogen (secondary N) is 1. The van der Waals surface area contributed by atoms with Crippen molar-refractivity contribution < 1.29 is 4.79 Å². The summed E-state index contributed by atoms with van der Waals surface area (Å²) in [6, 6.07) is 13.8. The van der Waals surface area contributed by atoms with Gasteiger partial charge in [0.1, 0.15) is 0 Å². The second-order valence-electron chi connectivity index (χ2n) is 7.36. The van der Waals surface area contributed by atoms with Crippen LogP contribution in [0.5, 0.6) is 0 Å². The molecule has 0 aliphatic heterocycles. The van der Waals surface area contributed by atoms with Crippen molar-refractivity contribution in [2.24, 2.45) is 0 Å². The molecule has 0 bridgehead atoms. The molecular formula is C21H25Cl2NO. The minimum absolute atomic E-state index is 0.0108. The fourth-order valence-corrected chi connectivity index (χ4v) is 3.26. The predicted molar refractivity (Wildman–Crippen MR) is 106 cm³/mol. The highest BCUT2D eigenvalue weighted by atomic mass is 35.5. The summed E-state index contributed by atoms with van der Waals surface area (Å²) in [7, 11) is 0. The van der Waals surface area contributed by atoms with Crippen LogP contribution in [0.2, 0.25) is 10.0 Å². The molecule has 1 amide bonds. The minimum Gasteiger partial charge on any atom is -0.350 e. The van der Waals surface area contributed by atoms with E-state index < -0.39 is 0 Å². The minimum atomic E-state index is -0.0387. The van der Waals surface area contributed by atoms with E-state index in [4.69, 9.17) is 23.2 Å². The van der Waals surface area contributed by atoms with Crippen molar-refractivity contribution in [3.05, 3.63) is 69.2 Å². The topological polar surface area (TPSA) is 29.1 Å². The van der Waals surface area contributed by atoms with Gasteiger partial charge in [-0.1, -0.05) is 74.3 Å². The number of benzene rings is 2. The second-order valence-corrected chi connectivity index (χ2v) is 8.18. The molecule has 0 spiro atoms. The van der Waals surface area contributed by atoms with E-state index in [1.165, 1.54) is 5.56 Å². The zero-order valence-electron chi connectivity index (χ0n) is 15.2. The molecule has 2 rings (SSSR count). The lowest BCUT2D eigenvalue weighted by atomic mass is 9.86. The number of carbonyl (C=O) groups excluding carboxylic acids is 1. The van der Waals surface area contributed by atoms with E-state index in [0.717, 1.165) is 11.1 Å². The van der Waals surface area contributed by atoms with E-state index in [0.29, 0.717) is 22.9 Å². The third-order valence-electron chi connectivity index (χ3n) is 4.32. The average molecular weight is 378 g/mol. The first-order valence-corrected chi connectivity index (χ1v) is 9.27. The Morgan fingerprint density at radius 2 is 1.60 bits per heavy atom. The van der Waals surface area contributed by atoms with Crippen molar-refractivity contribution in [2.75, 3.05) is 0 Å². The van der Waals surface area contributed by atoms with Gasteiger partial charge >= 0.3 is 0 Å². The quantitative estimate of drug-likeness (QED) is 0.669. The van der Waals surface area contributed by atoms with E-state index in [1.807, 2.05) is 6.92 Å². The molecule has 0 aromatic heterocycles. The summed E-state index contributed by atoms with van der Waals surface area (Å²) in [4.78, 5) is 12.3. The Balaban J connectivity index is 1.94. The van der Waals surface area contributed by atoms with E-state index in [2.05, 4.69) is 50.4 Å². The maximum Gasteiger partial charge on any atom is 0.220 e. The molecule has 0 heterocycles. The Morgan fingerprint density at radius 1 is 1.04 bits per heavy atom. The van der Waals surface area contributed by atoms with Gasteiger partial charge in [0, 0.05) is 16.5 Å². The molecule has 0 fully saturated rings. The highest BCUT2D eigenvalue weighted by molar-refractivity contribution is 6.36. The van der Waals surface area contributed by atoms with Gasteiger partial charge in [0.15, 0.2) is 0 Å². The molecule has 1 atom stereocenters. The van der Waals surface area contributed by atoms with Crippen LogP contribution in [0.3, 0.4) is 0 Å². The Labute approximate surface area is 160 Å². The van der Waals surface area contributed by atoms with Gasteiger partial charge in [0.25, 0.3) is 0 Å². The van der Waals surface area contributed by atoms with Gasteiger partial charge in [-0.2, -0.15) is 0 Å². The summed E-state index contributed by atoms with van der Waals surface area (Å²) in [6.07, 6.45) is 0.883. The molecule has 25 heavy (non-hydrogen) atoms. The molecule has 0 radical (unpaired) electrons. The molecule has 0 saturated heterocycles. The van der Waals surface area contributed by atoms with Crippen molar-refractivity contribution in [1.29, 1.82) is 0 Å². The summed E-state index contributed by atoms with van der Waals surface area (Å²) < 4.78 is 0. The van der Waals surface area contributed by atoms with Gasteiger partial charge in [0.2, 0.25) is 5.91 Å². The number of rotatable bonds is 5. The summed E-state index contributed by atoms with van der Waals surface area (Å²) in [6.45, 7) is 8.56. The maximum absolute atomic E-state index is 12.3. The first-order chi connectivity index (χ1) is 11.7. The second kappa shape index (κ2) is 8.25. The van der Waals surface area contributed by atoms with Gasteiger partial charge in [-0.05, 0) is 47.6 Å². The molecule has 0 aliphatic carbocycles. The highest BCUT2D eigenvalue weighted by Crippen LogP contribution is 2.26. The first-order valence-electron chi connectivity index (χ1n) is 8.51. The average Bonchev–Trinajstić information content (AvgIpc) is 2.53. The molecule has 0 aliphatic rings. The molecule has 1 N–H and O–H groups in total. The van der Waals surface area contributed by atoms with Crippen LogP contribution in [0, 0.1) is 0 Å². The normalized spacial score (nSPS) is 12.7. The smallest absolute Gasteiger partial charge is 0.220 e. The molecule has 4 heteroatoms. The van der Waals surface area contributed by atoms with Gasteiger partial charge in [-0.3, -0.25) is 4.79 Å². The predicted octanol–water partition coefficient (Wildman–Crippen LogP) is 6.10. The van der Waals surface area contributed by atoms with Crippen LogP contribution < -0.4 is 5.32 Å². The molecule has 2 aromatic rings. The molecular weight excluding hydrogens is 353 g/mol. The van der Waals surface area contributed by atoms with Crippen molar-refractivity contribution >= 4 is 29.1 Å². The van der Waals surface area contributed by atoms with Crippen LogP contribution in [0.25, 0.3) is 0 Å². The number of amides is 1. The van der Waals surface area contributed by atoms with E-state index in [1.54, 1.807) is 18.2 Å². The van der Waals surface area contributed by atoms with Gasteiger partial charge in [0.05, 0.1) is 6.04 Å². The lowest BCUT2D eigenvalue weighted by Crippen LogP contribution is -2.27. The lowest BCUT2D eigenvalue weighted by Gasteiger charge is -2.21. The summed E-state index contributed by atoms with van der Waals surface area (Å²) in [5, 5.41) is 4.24. The van der Waals surface area contributed by atoms with E-state index in [-0.39, 0.29) is 17.4 Å². The largest absolute Gasteiger partial charge is 0.350 e. The molecule has 0 saturated carbocycles. The van der Waals surface area contributed by atoms with Gasteiger partial charge in [-0.15, -0.1) is 0 Å². The Morgan fingerprint density at radius 3 is 2.12 bits per heavy atom. The zero-order chi connectivity index (χ0) is 18.6. The monoisotopic (exact) mass is 377 g/mol. The van der Waals surface area contributed by atoms with Crippen LogP contribution in [-0.2, 0) is 16.6 Å². The van der Waals surface area contributed by atoms with Crippen LogP contribution in [0.15, 0.2) is 42.5 Å². The Hall–Kier alpha value is -1.51. The summed E-state index contributed by atoms with van der Waals surface area (Å²) >= 11 is 12.3. The highest BCUT2D eigenvalue weighted by Gasteiger charge is 2.15. The third kappa shape index (κ3) is 5.49. The van der Waals surface area contributed by atoms with Gasteiger partial charge < -0.3 is 5.32 Å². The SMILES string of the molecule is C[C@@H](NC(=O)CCc1c(Cl)cccc1Cl)c1ccc(C(C)(C)C)cc1. The van der Waals surface area contributed by atoms with Crippen molar-refractivity contribution in [3.8, 4) is 0 Å². The fourth-order valence-electron chi connectivity index (χ4n) is 2.68. The Kier molecular flexibility index (Phi) is 6.53. The Bertz CT molecular complexity index is 712. The summed E-state index contributed by atoms with van der Waals surface area (Å²) in [5.74, 6) is -0.0108. The van der Waals surface area contributed by atoms with Crippen molar-refractivity contribution in [2.45, 2.75) is 52.0 Å². The van der Waals surface area contributed by atoms with Crippen molar-refractivity contribution in [1.82, 2.24) is 5.32 Å². The van der Waals surface area contributed by atoms with Gasteiger partial charge in [-0.25, -0.2) is 0 Å². The van der Waals surface area contributed by atoms with Crippen LogP contribution >= 0.6 is 23.2 Å². The molecule has 2 nitrogen and oxygen atoms in total. The molecule has 134 valence electrons.